The molecule has 2 aliphatic heterocycles. The Balaban J connectivity index is 1.51. The number of hydrazine groups is 1. The number of hydrogen-bond donors (Lipinski definition) is 0. The average Bonchev–Trinajstić information content (AvgIpc) is 3.28. The molecule has 2 fully saturated rings. The Hall–Kier alpha value is -2.53. The monoisotopic (exact) mass is 430 g/mol. The van der Waals surface area contributed by atoms with Crippen molar-refractivity contribution in [2.24, 2.45) is 0 Å². The minimum absolute atomic E-state index is 0.0214. The van der Waals surface area contributed by atoms with Crippen LogP contribution in [0.5, 0.6) is 0 Å². The first kappa shape index (κ1) is 19.8. The Morgan fingerprint density at radius 1 is 1.14 bits per heavy atom. The molecule has 0 N–H and O–H groups in total. The van der Waals surface area contributed by atoms with E-state index in [0.29, 0.717) is 20.7 Å². The highest BCUT2D eigenvalue weighted by atomic mass is 32.2. The van der Waals surface area contributed by atoms with Crippen LogP contribution in [0.4, 0.5) is 5.69 Å². The van der Waals surface area contributed by atoms with Gasteiger partial charge in [-0.3, -0.25) is 14.9 Å². The van der Waals surface area contributed by atoms with E-state index >= 15 is 0 Å². The molecule has 0 bridgehead atoms. The summed E-state index contributed by atoms with van der Waals surface area (Å²) in [6, 6.07) is 9.66. The van der Waals surface area contributed by atoms with E-state index in [1.807, 2.05) is 5.01 Å². The van der Waals surface area contributed by atoms with Crippen molar-refractivity contribution in [2.45, 2.75) is 0 Å². The van der Waals surface area contributed by atoms with Gasteiger partial charge in [0.15, 0.2) is 4.32 Å². The zero-order chi connectivity index (χ0) is 20.5. The van der Waals surface area contributed by atoms with Crippen LogP contribution in [0, 0.1) is 10.1 Å². The lowest BCUT2D eigenvalue weighted by Gasteiger charge is -2.37. The topological polar surface area (TPSA) is 83.1 Å². The molecule has 1 amide bonds. The zero-order valence-corrected chi connectivity index (χ0v) is 17.2. The first-order chi connectivity index (χ1) is 13.9. The van der Waals surface area contributed by atoms with E-state index in [1.165, 1.54) is 23.9 Å². The average molecular weight is 431 g/mol. The maximum atomic E-state index is 12.9. The molecule has 4 rings (SSSR count). The lowest BCUT2D eigenvalue weighted by atomic mass is 10.1. The smallest absolute Gasteiger partial charge is 0.281 e. The second-order valence-corrected chi connectivity index (χ2v) is 8.43. The highest BCUT2D eigenvalue weighted by molar-refractivity contribution is 8.26. The summed E-state index contributed by atoms with van der Waals surface area (Å²) >= 11 is 6.68. The van der Waals surface area contributed by atoms with Crippen molar-refractivity contribution in [1.29, 1.82) is 0 Å². The molecular weight excluding hydrogens is 412 g/mol. The van der Waals surface area contributed by atoms with Gasteiger partial charge in [0, 0.05) is 50.0 Å². The van der Waals surface area contributed by atoms with Crippen LogP contribution in [0.1, 0.15) is 5.76 Å². The molecule has 29 heavy (non-hydrogen) atoms. The number of benzene rings is 1. The molecule has 1 aromatic carbocycles. The highest BCUT2D eigenvalue weighted by Crippen LogP contribution is 2.35. The molecule has 0 aliphatic carbocycles. The summed E-state index contributed by atoms with van der Waals surface area (Å²) < 4.78 is 6.34. The summed E-state index contributed by atoms with van der Waals surface area (Å²) in [6.07, 6.45) is 1.68. The molecule has 3 heterocycles. The normalized spacial score (nSPS) is 20.0. The van der Waals surface area contributed by atoms with E-state index in [1.54, 1.807) is 35.4 Å². The number of piperazine rings is 1. The number of likely N-dealkylation sites (N-methyl/N-ethyl adjacent to an activating group) is 1. The number of furan rings is 1. The van der Waals surface area contributed by atoms with Crippen LogP contribution in [0.25, 0.3) is 17.4 Å². The predicted molar refractivity (Wildman–Crippen MR) is 115 cm³/mol. The number of carbonyl (C=O) groups is 1. The number of amides is 1. The predicted octanol–water partition coefficient (Wildman–Crippen LogP) is 3.22. The maximum Gasteiger partial charge on any atom is 0.281 e. The molecule has 1 aromatic heterocycles. The van der Waals surface area contributed by atoms with Crippen LogP contribution in [0.15, 0.2) is 45.7 Å². The Morgan fingerprint density at radius 3 is 2.48 bits per heavy atom. The van der Waals surface area contributed by atoms with Gasteiger partial charge in [0.2, 0.25) is 0 Å². The van der Waals surface area contributed by atoms with Gasteiger partial charge in [-0.05, 0) is 31.3 Å². The van der Waals surface area contributed by atoms with Crippen molar-refractivity contribution in [3.8, 4) is 11.3 Å². The fourth-order valence-corrected chi connectivity index (χ4v) is 4.45. The lowest BCUT2D eigenvalue weighted by molar-refractivity contribution is -0.384. The van der Waals surface area contributed by atoms with Gasteiger partial charge < -0.3 is 9.32 Å². The van der Waals surface area contributed by atoms with Gasteiger partial charge in [-0.1, -0.05) is 24.0 Å². The molecule has 2 aliphatic rings. The van der Waals surface area contributed by atoms with E-state index in [-0.39, 0.29) is 11.6 Å². The third kappa shape index (κ3) is 4.10. The lowest BCUT2D eigenvalue weighted by Crippen LogP contribution is -2.54. The molecule has 0 radical (unpaired) electrons. The summed E-state index contributed by atoms with van der Waals surface area (Å²) in [6.45, 7) is 3.27. The van der Waals surface area contributed by atoms with E-state index in [4.69, 9.17) is 16.6 Å². The number of nitro benzene ring substituents is 1. The minimum Gasteiger partial charge on any atom is -0.457 e. The fourth-order valence-electron chi connectivity index (χ4n) is 3.16. The van der Waals surface area contributed by atoms with Crippen LogP contribution < -0.4 is 0 Å². The fraction of sp³-hybridized carbons (Fsp3) is 0.263. The van der Waals surface area contributed by atoms with E-state index in [9.17, 15) is 14.9 Å². The summed E-state index contributed by atoms with van der Waals surface area (Å²) in [5, 5.41) is 14.4. The second kappa shape index (κ2) is 8.07. The highest BCUT2D eigenvalue weighted by Gasteiger charge is 2.37. The summed E-state index contributed by atoms with van der Waals surface area (Å²) in [7, 11) is 2.06. The van der Waals surface area contributed by atoms with Crippen LogP contribution in [0.3, 0.4) is 0 Å². The summed E-state index contributed by atoms with van der Waals surface area (Å²) in [5.41, 5.74) is 0.744. The number of carbonyl (C=O) groups excluding carboxylic acids is 1. The zero-order valence-electron chi connectivity index (χ0n) is 15.6. The van der Waals surface area contributed by atoms with Crippen molar-refractivity contribution in [3.05, 3.63) is 57.2 Å². The van der Waals surface area contributed by atoms with Crippen molar-refractivity contribution < 1.29 is 14.1 Å². The van der Waals surface area contributed by atoms with Crippen molar-refractivity contribution in [2.75, 3.05) is 33.2 Å². The SMILES string of the molecule is CN1CCN(N2C(=O)C(=Cc3ccc(-c4ccc([N+](=O)[O-])cc4)o3)SC2=S)CC1. The van der Waals surface area contributed by atoms with Crippen LogP contribution in [-0.4, -0.2) is 63.3 Å². The third-order valence-corrected chi connectivity index (χ3v) is 6.08. The number of nitrogens with zero attached hydrogens (tertiary/aromatic N) is 4. The summed E-state index contributed by atoms with van der Waals surface area (Å²) in [5.74, 6) is 0.954. The van der Waals surface area contributed by atoms with Crippen LogP contribution in [-0.2, 0) is 4.79 Å². The molecule has 0 spiro atoms. The first-order valence-electron chi connectivity index (χ1n) is 8.98. The Kier molecular flexibility index (Phi) is 5.50. The molecule has 0 saturated carbocycles. The number of thioether (sulfide) groups is 1. The quantitative estimate of drug-likeness (QED) is 0.316. The Morgan fingerprint density at radius 2 is 1.83 bits per heavy atom. The van der Waals surface area contributed by atoms with Gasteiger partial charge in [0.05, 0.1) is 9.83 Å². The number of non-ortho nitro benzene ring substituents is 1. The Labute approximate surface area is 176 Å². The van der Waals surface area contributed by atoms with E-state index in [2.05, 4.69) is 11.9 Å². The number of rotatable bonds is 4. The van der Waals surface area contributed by atoms with Gasteiger partial charge in [0.1, 0.15) is 11.5 Å². The van der Waals surface area contributed by atoms with Gasteiger partial charge in [-0.15, -0.1) is 0 Å². The maximum absolute atomic E-state index is 12.9. The van der Waals surface area contributed by atoms with Crippen molar-refractivity contribution in [3.63, 3.8) is 0 Å². The van der Waals surface area contributed by atoms with Gasteiger partial charge in [-0.2, -0.15) is 0 Å². The molecule has 2 aromatic rings. The third-order valence-electron chi connectivity index (χ3n) is 4.80. The Bertz CT molecular complexity index is 994. The first-order valence-corrected chi connectivity index (χ1v) is 10.2. The van der Waals surface area contributed by atoms with Crippen molar-refractivity contribution >= 4 is 46.0 Å². The van der Waals surface area contributed by atoms with Gasteiger partial charge in [0.25, 0.3) is 11.6 Å². The van der Waals surface area contributed by atoms with Gasteiger partial charge in [-0.25, -0.2) is 10.0 Å². The standard InChI is InChI=1S/C19H18N4O4S2/c1-20-8-10-21(11-9-20)22-18(24)17(29-19(22)28)12-15-6-7-16(27-15)13-2-4-14(5-3-13)23(25)26/h2-7,12H,8-11H2,1H3. The molecule has 0 unspecified atom stereocenters. The minimum atomic E-state index is -0.445. The van der Waals surface area contributed by atoms with Crippen molar-refractivity contribution in [1.82, 2.24) is 14.9 Å². The summed E-state index contributed by atoms with van der Waals surface area (Å²) in [4.78, 5) is 25.9. The molecule has 10 heteroatoms. The molecule has 150 valence electrons. The van der Waals surface area contributed by atoms with Crippen LogP contribution in [0.2, 0.25) is 0 Å². The van der Waals surface area contributed by atoms with E-state index in [0.717, 1.165) is 31.7 Å². The largest absolute Gasteiger partial charge is 0.457 e. The molecule has 2 saturated heterocycles. The van der Waals surface area contributed by atoms with Gasteiger partial charge >= 0.3 is 0 Å². The second-order valence-electron chi connectivity index (χ2n) is 6.76. The molecule has 8 nitrogen and oxygen atoms in total. The molecular formula is C19H18N4O4S2. The number of thiocarbonyl (C=S) groups is 1. The number of nitro groups is 1. The molecule has 0 atom stereocenters. The number of hydrogen-bond acceptors (Lipinski definition) is 8. The van der Waals surface area contributed by atoms with E-state index < -0.39 is 4.92 Å². The van der Waals surface area contributed by atoms with Crippen LogP contribution >= 0.6 is 24.0 Å².